The molecule has 10 heteroatoms. The fraction of sp³-hybridized carbons (Fsp3) is 0.628. The lowest BCUT2D eigenvalue weighted by Gasteiger charge is -2.19. The van der Waals surface area contributed by atoms with E-state index in [4.69, 9.17) is 24.3 Å². The summed E-state index contributed by atoms with van der Waals surface area (Å²) in [4.78, 5) is 34.8. The van der Waals surface area contributed by atoms with Crippen molar-refractivity contribution in [2.24, 2.45) is 5.73 Å². The number of hydrogen-bond donors (Lipinski definition) is 2. The van der Waals surface area contributed by atoms with Gasteiger partial charge in [0, 0.05) is 19.4 Å². The Balaban J connectivity index is 4.34. The maximum atomic E-state index is 12.5. The van der Waals surface area contributed by atoms with E-state index in [1.54, 1.807) is 0 Å². The predicted octanol–water partition coefficient (Wildman–Crippen LogP) is 11.3. The van der Waals surface area contributed by atoms with Crippen LogP contribution in [-0.4, -0.2) is 49.3 Å². The van der Waals surface area contributed by atoms with Crippen molar-refractivity contribution < 1.29 is 37.6 Å². The van der Waals surface area contributed by atoms with Crippen molar-refractivity contribution in [2.45, 2.75) is 148 Å². The van der Waals surface area contributed by atoms with Crippen LogP contribution in [0.25, 0.3) is 0 Å². The quantitative estimate of drug-likeness (QED) is 0.0277. The molecule has 0 aliphatic heterocycles. The molecule has 9 nitrogen and oxygen atoms in total. The van der Waals surface area contributed by atoms with Crippen LogP contribution in [0.2, 0.25) is 0 Å². The molecule has 0 rings (SSSR count). The topological polar surface area (TPSA) is 134 Å². The highest BCUT2D eigenvalue weighted by atomic mass is 31.2. The van der Waals surface area contributed by atoms with Gasteiger partial charge in [0.25, 0.3) is 0 Å². The van der Waals surface area contributed by atoms with Crippen LogP contribution in [0.5, 0.6) is 0 Å². The molecular formula is C43H72NO8P. The van der Waals surface area contributed by atoms with Gasteiger partial charge in [-0.25, -0.2) is 4.57 Å². The van der Waals surface area contributed by atoms with Crippen LogP contribution in [0.15, 0.2) is 85.1 Å². The van der Waals surface area contributed by atoms with Gasteiger partial charge < -0.3 is 20.1 Å². The van der Waals surface area contributed by atoms with E-state index in [-0.39, 0.29) is 32.6 Å². The molecule has 0 fully saturated rings. The average molecular weight is 762 g/mol. The third-order valence-corrected chi connectivity index (χ3v) is 8.75. The van der Waals surface area contributed by atoms with Crippen molar-refractivity contribution in [2.75, 3.05) is 26.4 Å². The zero-order valence-electron chi connectivity index (χ0n) is 33.0. The largest absolute Gasteiger partial charge is 0.472 e. The van der Waals surface area contributed by atoms with Crippen molar-refractivity contribution >= 4 is 19.8 Å². The number of ether oxygens (including phenoxy) is 2. The smallest absolute Gasteiger partial charge is 0.462 e. The monoisotopic (exact) mass is 761 g/mol. The summed E-state index contributed by atoms with van der Waals surface area (Å²) in [6.45, 7) is 3.48. The number of phosphoric ester groups is 1. The highest BCUT2D eigenvalue weighted by Crippen LogP contribution is 2.43. The molecule has 0 aromatic heterocycles. The van der Waals surface area contributed by atoms with Gasteiger partial charge in [0.2, 0.25) is 0 Å². The van der Waals surface area contributed by atoms with Crippen molar-refractivity contribution in [1.82, 2.24) is 0 Å². The number of carbonyl (C=O) groups is 2. The second-order valence-electron chi connectivity index (χ2n) is 12.8. The highest BCUT2D eigenvalue weighted by Gasteiger charge is 2.25. The molecule has 0 bridgehead atoms. The lowest BCUT2D eigenvalue weighted by atomic mass is 10.1. The van der Waals surface area contributed by atoms with E-state index in [1.807, 2.05) is 6.08 Å². The van der Waals surface area contributed by atoms with E-state index in [1.165, 1.54) is 25.7 Å². The number of unbranched alkanes of at least 4 members (excludes halogenated alkanes) is 9. The van der Waals surface area contributed by atoms with Gasteiger partial charge in [-0.05, 0) is 83.5 Å². The first-order valence-electron chi connectivity index (χ1n) is 20.1. The van der Waals surface area contributed by atoms with Gasteiger partial charge in [0.1, 0.15) is 6.61 Å². The maximum absolute atomic E-state index is 12.5. The molecule has 0 amide bonds. The van der Waals surface area contributed by atoms with E-state index in [0.29, 0.717) is 12.8 Å². The Morgan fingerprint density at radius 1 is 0.585 bits per heavy atom. The third kappa shape index (κ3) is 38.7. The van der Waals surface area contributed by atoms with Crippen LogP contribution >= 0.6 is 7.82 Å². The Bertz CT molecular complexity index is 1140. The van der Waals surface area contributed by atoms with Crippen LogP contribution in [0, 0.1) is 0 Å². The predicted molar refractivity (Wildman–Crippen MR) is 219 cm³/mol. The number of nitrogens with two attached hydrogens (primary N) is 1. The van der Waals surface area contributed by atoms with Crippen molar-refractivity contribution in [3.63, 3.8) is 0 Å². The minimum atomic E-state index is -4.40. The molecule has 2 unspecified atom stereocenters. The van der Waals surface area contributed by atoms with Crippen LogP contribution < -0.4 is 5.73 Å². The second kappa shape index (κ2) is 38.9. The summed E-state index contributed by atoms with van der Waals surface area (Å²) in [6, 6.07) is 0. The number of esters is 2. The summed E-state index contributed by atoms with van der Waals surface area (Å²) in [5, 5.41) is 0. The van der Waals surface area contributed by atoms with Crippen LogP contribution in [-0.2, 0) is 32.7 Å². The van der Waals surface area contributed by atoms with Crippen LogP contribution in [0.3, 0.4) is 0 Å². The van der Waals surface area contributed by atoms with E-state index < -0.39 is 32.5 Å². The number of carbonyl (C=O) groups excluding carboxylic acids is 2. The molecule has 0 heterocycles. The second-order valence-corrected chi connectivity index (χ2v) is 14.2. The van der Waals surface area contributed by atoms with Gasteiger partial charge in [0.15, 0.2) is 6.10 Å². The molecule has 0 saturated carbocycles. The molecule has 302 valence electrons. The summed E-state index contributed by atoms with van der Waals surface area (Å²) in [5.74, 6) is -0.924. The number of hydrogen-bond acceptors (Lipinski definition) is 8. The van der Waals surface area contributed by atoms with Gasteiger partial charge in [-0.3, -0.25) is 18.6 Å². The molecule has 0 saturated heterocycles. The lowest BCUT2D eigenvalue weighted by Crippen LogP contribution is -2.29. The van der Waals surface area contributed by atoms with Crippen LogP contribution in [0.4, 0.5) is 0 Å². The fourth-order valence-corrected chi connectivity index (χ4v) is 5.58. The molecule has 2 atom stereocenters. The van der Waals surface area contributed by atoms with Gasteiger partial charge in [-0.1, -0.05) is 131 Å². The first-order chi connectivity index (χ1) is 25.8. The molecule has 0 spiro atoms. The standard InChI is InChI=1S/C43H72NO8P/c1-3-5-7-9-11-13-15-17-19-20-22-23-25-27-29-31-33-35-42(45)49-39-41(40-51-53(47,48)50-38-37-44)52-43(46)36-34-32-30-28-26-24-21-18-16-14-12-10-8-6-4-2/h6,8,11-14,17-19,21-23,27,29,41H,3-5,7,9-10,15-16,20,24-26,28,30-40,44H2,1-2H3,(H,47,48). The Morgan fingerprint density at radius 3 is 1.60 bits per heavy atom. The summed E-state index contributed by atoms with van der Waals surface area (Å²) >= 11 is 0. The Morgan fingerprint density at radius 2 is 1.06 bits per heavy atom. The molecule has 0 aromatic rings. The van der Waals surface area contributed by atoms with Crippen LogP contribution in [0.1, 0.15) is 142 Å². The minimum Gasteiger partial charge on any atom is -0.462 e. The van der Waals surface area contributed by atoms with E-state index in [2.05, 4.69) is 92.8 Å². The molecule has 0 aromatic carbocycles. The summed E-state index contributed by atoms with van der Waals surface area (Å²) < 4.78 is 32.6. The summed E-state index contributed by atoms with van der Waals surface area (Å²) in [6.07, 6.45) is 47.6. The third-order valence-electron chi connectivity index (χ3n) is 7.77. The fourth-order valence-electron chi connectivity index (χ4n) is 4.82. The Kier molecular flexibility index (Phi) is 36.8. The summed E-state index contributed by atoms with van der Waals surface area (Å²) in [5.41, 5.74) is 5.33. The SMILES string of the molecule is CCC=CCC=CCC=CCCCCCCCC(=O)OC(COC(=O)CCCC=CCC=CCC=CCC=CCCCCC)COP(=O)(O)OCCN. The summed E-state index contributed by atoms with van der Waals surface area (Å²) in [7, 11) is -4.40. The first kappa shape index (κ1) is 50.2. The normalized spacial score (nSPS) is 14.3. The van der Waals surface area contributed by atoms with E-state index in [9.17, 15) is 19.0 Å². The molecule has 53 heavy (non-hydrogen) atoms. The zero-order chi connectivity index (χ0) is 38.9. The van der Waals surface area contributed by atoms with Gasteiger partial charge in [0.05, 0.1) is 13.2 Å². The van der Waals surface area contributed by atoms with Gasteiger partial charge >= 0.3 is 19.8 Å². The van der Waals surface area contributed by atoms with Crippen molar-refractivity contribution in [3.8, 4) is 0 Å². The molecule has 0 aliphatic carbocycles. The molecule has 0 aliphatic rings. The average Bonchev–Trinajstić information content (AvgIpc) is 3.14. The maximum Gasteiger partial charge on any atom is 0.472 e. The highest BCUT2D eigenvalue weighted by molar-refractivity contribution is 7.47. The zero-order valence-corrected chi connectivity index (χ0v) is 33.9. The van der Waals surface area contributed by atoms with Crippen molar-refractivity contribution in [3.05, 3.63) is 85.1 Å². The van der Waals surface area contributed by atoms with Gasteiger partial charge in [-0.15, -0.1) is 0 Å². The molecule has 0 radical (unpaired) electrons. The van der Waals surface area contributed by atoms with Gasteiger partial charge in [-0.2, -0.15) is 0 Å². The van der Waals surface area contributed by atoms with E-state index >= 15 is 0 Å². The Labute approximate surface area is 322 Å². The number of phosphoric acid groups is 1. The molecular weight excluding hydrogens is 689 g/mol. The number of allylic oxidation sites excluding steroid dienone is 14. The lowest BCUT2D eigenvalue weighted by molar-refractivity contribution is -0.161. The number of rotatable bonds is 36. The Hall–Kier alpha value is -2.81. The minimum absolute atomic E-state index is 0.0384. The first-order valence-corrected chi connectivity index (χ1v) is 21.6. The molecule has 3 N–H and O–H groups in total. The van der Waals surface area contributed by atoms with E-state index in [0.717, 1.165) is 77.0 Å². The van der Waals surface area contributed by atoms with Crippen molar-refractivity contribution in [1.29, 1.82) is 0 Å².